The number of rotatable bonds is 3. The van der Waals surface area contributed by atoms with Gasteiger partial charge in [-0.3, -0.25) is 0 Å². The molecular formula is C14H22N4O2. The highest BCUT2D eigenvalue weighted by Crippen LogP contribution is 2.30. The zero-order chi connectivity index (χ0) is 14.3. The Morgan fingerprint density at radius 2 is 2.25 bits per heavy atom. The number of nitrogens with two attached hydrogens (primary N) is 1. The molecule has 0 aromatic carbocycles. The predicted molar refractivity (Wildman–Crippen MR) is 75.0 cm³/mol. The lowest BCUT2D eigenvalue weighted by Gasteiger charge is -2.24. The average Bonchev–Trinajstić information content (AvgIpc) is 3.01. The Labute approximate surface area is 118 Å². The summed E-state index contributed by atoms with van der Waals surface area (Å²) in [6.07, 6.45) is 2.62. The number of likely N-dealkylation sites (N-methyl/N-ethyl adjacent to an activating group) is 1. The normalized spacial score (nSPS) is 26.7. The lowest BCUT2D eigenvalue weighted by atomic mass is 10.0. The van der Waals surface area contributed by atoms with Gasteiger partial charge in [0.05, 0.1) is 5.69 Å². The van der Waals surface area contributed by atoms with Crippen molar-refractivity contribution in [2.75, 3.05) is 19.6 Å². The van der Waals surface area contributed by atoms with Gasteiger partial charge >= 0.3 is 5.97 Å². The molecule has 0 bridgehead atoms. The van der Waals surface area contributed by atoms with Gasteiger partial charge in [-0.25, -0.2) is 9.78 Å². The molecule has 0 radical (unpaired) electrons. The molecule has 2 aliphatic heterocycles. The van der Waals surface area contributed by atoms with Crippen LogP contribution in [0.3, 0.4) is 0 Å². The molecule has 1 aromatic heterocycles. The van der Waals surface area contributed by atoms with Gasteiger partial charge in [0.2, 0.25) is 0 Å². The third-order valence-electron chi connectivity index (χ3n) is 4.56. The zero-order valence-corrected chi connectivity index (χ0v) is 11.9. The van der Waals surface area contributed by atoms with E-state index in [0.717, 1.165) is 50.4 Å². The Kier molecular flexibility index (Phi) is 3.52. The summed E-state index contributed by atoms with van der Waals surface area (Å²) < 4.78 is 2.08. The van der Waals surface area contributed by atoms with Crippen LogP contribution in [-0.2, 0) is 13.0 Å². The molecule has 2 aliphatic rings. The number of carboxylic acids is 1. The highest BCUT2D eigenvalue weighted by Gasteiger charge is 2.32. The second-order valence-electron chi connectivity index (χ2n) is 5.86. The molecule has 6 heteroatoms. The van der Waals surface area contributed by atoms with Crippen molar-refractivity contribution >= 4 is 5.97 Å². The van der Waals surface area contributed by atoms with Crippen LogP contribution in [0.2, 0.25) is 0 Å². The molecule has 0 aliphatic carbocycles. The number of aromatic carboxylic acids is 1. The number of carbonyl (C=O) groups is 1. The van der Waals surface area contributed by atoms with Crippen LogP contribution >= 0.6 is 0 Å². The van der Waals surface area contributed by atoms with Crippen LogP contribution in [0.5, 0.6) is 0 Å². The summed E-state index contributed by atoms with van der Waals surface area (Å²) in [5, 5.41) is 9.34. The van der Waals surface area contributed by atoms with Crippen LogP contribution in [0.25, 0.3) is 0 Å². The van der Waals surface area contributed by atoms with E-state index in [1.54, 1.807) is 0 Å². The maximum absolute atomic E-state index is 11.4. The van der Waals surface area contributed by atoms with E-state index in [2.05, 4.69) is 21.4 Å². The minimum Gasteiger partial charge on any atom is -0.476 e. The SMILES string of the molecule is CCN1CCC(c2nc(C(=O)O)c3n2CC(N)CC3)C1. The van der Waals surface area contributed by atoms with Crippen molar-refractivity contribution in [3.63, 3.8) is 0 Å². The van der Waals surface area contributed by atoms with Gasteiger partial charge in [-0.2, -0.15) is 0 Å². The smallest absolute Gasteiger partial charge is 0.356 e. The molecule has 0 saturated carbocycles. The molecule has 0 amide bonds. The molecule has 1 saturated heterocycles. The third kappa shape index (κ3) is 2.23. The van der Waals surface area contributed by atoms with Gasteiger partial charge in [-0.15, -0.1) is 0 Å². The van der Waals surface area contributed by atoms with Crippen molar-refractivity contribution in [3.8, 4) is 0 Å². The van der Waals surface area contributed by atoms with Crippen molar-refractivity contribution in [2.24, 2.45) is 5.73 Å². The van der Waals surface area contributed by atoms with E-state index >= 15 is 0 Å². The first-order valence-electron chi connectivity index (χ1n) is 7.40. The van der Waals surface area contributed by atoms with E-state index in [0.29, 0.717) is 12.5 Å². The van der Waals surface area contributed by atoms with Crippen LogP contribution in [0.15, 0.2) is 0 Å². The second-order valence-corrected chi connectivity index (χ2v) is 5.86. The predicted octanol–water partition coefficient (Wildman–Crippen LogP) is 0.664. The van der Waals surface area contributed by atoms with Crippen molar-refractivity contribution in [3.05, 3.63) is 17.2 Å². The zero-order valence-electron chi connectivity index (χ0n) is 11.9. The first-order chi connectivity index (χ1) is 9.60. The lowest BCUT2D eigenvalue weighted by Crippen LogP contribution is -2.33. The van der Waals surface area contributed by atoms with Gasteiger partial charge in [0.1, 0.15) is 5.82 Å². The highest BCUT2D eigenvalue weighted by atomic mass is 16.4. The summed E-state index contributed by atoms with van der Waals surface area (Å²) in [6.45, 7) is 5.93. The van der Waals surface area contributed by atoms with E-state index in [-0.39, 0.29) is 11.7 Å². The minimum absolute atomic E-state index is 0.112. The number of fused-ring (bicyclic) bond motifs is 1. The molecule has 3 rings (SSSR count). The molecule has 2 unspecified atom stereocenters. The summed E-state index contributed by atoms with van der Waals surface area (Å²) in [5.41, 5.74) is 7.15. The van der Waals surface area contributed by atoms with Crippen molar-refractivity contribution in [1.82, 2.24) is 14.5 Å². The van der Waals surface area contributed by atoms with E-state index in [1.165, 1.54) is 0 Å². The fraction of sp³-hybridized carbons (Fsp3) is 0.714. The lowest BCUT2D eigenvalue weighted by molar-refractivity contribution is 0.0689. The monoisotopic (exact) mass is 278 g/mol. The molecule has 3 heterocycles. The summed E-state index contributed by atoms with van der Waals surface area (Å²) in [5.74, 6) is 0.358. The maximum atomic E-state index is 11.4. The molecule has 3 N–H and O–H groups in total. The molecule has 110 valence electrons. The van der Waals surface area contributed by atoms with Crippen molar-refractivity contribution < 1.29 is 9.90 Å². The van der Waals surface area contributed by atoms with E-state index in [1.807, 2.05) is 0 Å². The van der Waals surface area contributed by atoms with Crippen LogP contribution in [-0.4, -0.2) is 51.2 Å². The Bertz CT molecular complexity index is 525. The molecule has 0 spiro atoms. The van der Waals surface area contributed by atoms with E-state index < -0.39 is 5.97 Å². The number of imidazole rings is 1. The van der Waals surface area contributed by atoms with Gasteiger partial charge in [-0.05, 0) is 32.4 Å². The number of aromatic nitrogens is 2. The summed E-state index contributed by atoms with van der Waals surface area (Å²) in [7, 11) is 0. The number of likely N-dealkylation sites (tertiary alicyclic amines) is 1. The number of carboxylic acid groups (broad SMARTS) is 1. The minimum atomic E-state index is -0.916. The van der Waals surface area contributed by atoms with Gasteiger partial charge < -0.3 is 20.3 Å². The van der Waals surface area contributed by atoms with E-state index in [4.69, 9.17) is 5.73 Å². The molecule has 1 aromatic rings. The van der Waals surface area contributed by atoms with Crippen molar-refractivity contribution in [2.45, 2.75) is 44.7 Å². The Morgan fingerprint density at radius 3 is 2.90 bits per heavy atom. The number of hydrogen-bond donors (Lipinski definition) is 2. The van der Waals surface area contributed by atoms with Gasteiger partial charge in [-0.1, -0.05) is 6.92 Å². The van der Waals surface area contributed by atoms with Gasteiger partial charge in [0, 0.05) is 25.0 Å². The van der Waals surface area contributed by atoms with E-state index in [9.17, 15) is 9.90 Å². The van der Waals surface area contributed by atoms with Crippen molar-refractivity contribution in [1.29, 1.82) is 0 Å². The Morgan fingerprint density at radius 1 is 1.45 bits per heavy atom. The van der Waals surface area contributed by atoms with Gasteiger partial charge in [0.25, 0.3) is 0 Å². The average molecular weight is 278 g/mol. The highest BCUT2D eigenvalue weighted by molar-refractivity contribution is 5.87. The maximum Gasteiger partial charge on any atom is 0.356 e. The fourth-order valence-electron chi connectivity index (χ4n) is 3.42. The Hall–Kier alpha value is -1.40. The molecule has 6 nitrogen and oxygen atoms in total. The first kappa shape index (κ1) is 13.6. The molecular weight excluding hydrogens is 256 g/mol. The number of hydrogen-bond acceptors (Lipinski definition) is 4. The van der Waals surface area contributed by atoms with Crippen LogP contribution in [0, 0.1) is 0 Å². The molecule has 2 atom stereocenters. The fourth-order valence-corrected chi connectivity index (χ4v) is 3.42. The quantitative estimate of drug-likeness (QED) is 0.848. The van der Waals surface area contributed by atoms with Crippen LogP contribution in [0.4, 0.5) is 0 Å². The summed E-state index contributed by atoms with van der Waals surface area (Å²) in [6, 6.07) is 0.112. The summed E-state index contributed by atoms with van der Waals surface area (Å²) >= 11 is 0. The number of nitrogens with zero attached hydrogens (tertiary/aromatic N) is 3. The topological polar surface area (TPSA) is 84.4 Å². The van der Waals surface area contributed by atoms with Crippen LogP contribution in [0.1, 0.15) is 47.7 Å². The molecule has 1 fully saturated rings. The largest absolute Gasteiger partial charge is 0.476 e. The first-order valence-corrected chi connectivity index (χ1v) is 7.40. The second kappa shape index (κ2) is 5.18. The Balaban J connectivity index is 1.96. The summed E-state index contributed by atoms with van der Waals surface area (Å²) in [4.78, 5) is 18.2. The standard InChI is InChI=1S/C14H22N4O2/c1-2-17-6-5-9(7-17)13-16-12(14(19)20)11-4-3-10(15)8-18(11)13/h9-10H,2-8,15H2,1H3,(H,19,20). The van der Waals surface area contributed by atoms with Crippen LogP contribution < -0.4 is 5.73 Å². The molecule has 20 heavy (non-hydrogen) atoms. The third-order valence-corrected chi connectivity index (χ3v) is 4.56. The van der Waals surface area contributed by atoms with Gasteiger partial charge in [0.15, 0.2) is 5.69 Å².